The number of piperazine rings is 1. The zero-order valence-corrected chi connectivity index (χ0v) is 19.4. The average molecular weight is 439 g/mol. The minimum Gasteiger partial charge on any atom is -0.352 e. The topological polar surface area (TPSA) is 49.3 Å². The van der Waals surface area contributed by atoms with Crippen molar-refractivity contribution in [1.82, 2.24) is 14.9 Å². The van der Waals surface area contributed by atoms with E-state index in [0.717, 1.165) is 44.8 Å². The van der Waals surface area contributed by atoms with Crippen LogP contribution in [0.15, 0.2) is 0 Å². The standard InChI is InChI=1S/C25H34N4OS/c30-25(18-7-3-1-4-8-18)29-15-13-28(14-16-29)23-21-19-9-5-2-6-10-20(19)31-24(21)27-22(26-23)17-11-12-17/h17-18H,1-16H2. The van der Waals surface area contributed by atoms with Gasteiger partial charge in [0, 0.05) is 42.9 Å². The average Bonchev–Trinajstić information content (AvgIpc) is 3.64. The van der Waals surface area contributed by atoms with E-state index < -0.39 is 0 Å². The van der Waals surface area contributed by atoms with Crippen LogP contribution in [0.2, 0.25) is 0 Å². The lowest BCUT2D eigenvalue weighted by molar-refractivity contribution is -0.136. The van der Waals surface area contributed by atoms with Gasteiger partial charge in [0.2, 0.25) is 5.91 Å². The fourth-order valence-electron chi connectivity index (χ4n) is 5.83. The maximum absolute atomic E-state index is 13.0. The van der Waals surface area contributed by atoms with Gasteiger partial charge in [-0.05, 0) is 56.9 Å². The molecular formula is C25H34N4OS. The van der Waals surface area contributed by atoms with Gasteiger partial charge in [-0.3, -0.25) is 4.79 Å². The summed E-state index contributed by atoms with van der Waals surface area (Å²) in [5.74, 6) is 3.50. The Hall–Kier alpha value is -1.69. The minimum absolute atomic E-state index is 0.278. The lowest BCUT2D eigenvalue weighted by Gasteiger charge is -2.38. The van der Waals surface area contributed by atoms with Gasteiger partial charge in [-0.1, -0.05) is 25.7 Å². The second-order valence-electron chi connectivity index (χ2n) is 10.1. The summed E-state index contributed by atoms with van der Waals surface area (Å²) in [6.07, 6.45) is 14.7. The molecule has 1 amide bonds. The van der Waals surface area contributed by atoms with E-state index in [4.69, 9.17) is 9.97 Å². The van der Waals surface area contributed by atoms with Crippen LogP contribution in [0.3, 0.4) is 0 Å². The van der Waals surface area contributed by atoms with Crippen molar-refractivity contribution in [3.63, 3.8) is 0 Å². The summed E-state index contributed by atoms with van der Waals surface area (Å²) in [7, 11) is 0. The molecule has 0 bridgehead atoms. The van der Waals surface area contributed by atoms with Crippen molar-refractivity contribution in [3.05, 3.63) is 16.3 Å². The fraction of sp³-hybridized carbons (Fsp3) is 0.720. The number of carbonyl (C=O) groups is 1. The first-order valence-corrected chi connectivity index (χ1v) is 13.5. The molecule has 0 radical (unpaired) electrons. The van der Waals surface area contributed by atoms with Crippen LogP contribution in [0.1, 0.15) is 86.4 Å². The van der Waals surface area contributed by atoms with E-state index in [9.17, 15) is 4.79 Å². The van der Waals surface area contributed by atoms with Crippen LogP contribution in [0.5, 0.6) is 0 Å². The predicted octanol–water partition coefficient (Wildman–Crippen LogP) is 5.07. The summed E-state index contributed by atoms with van der Waals surface area (Å²) in [5, 5.41) is 1.35. The molecule has 2 aromatic heterocycles. The number of amides is 1. The number of hydrogen-bond acceptors (Lipinski definition) is 5. The molecule has 2 saturated carbocycles. The van der Waals surface area contributed by atoms with E-state index in [2.05, 4.69) is 9.80 Å². The number of hydrogen-bond donors (Lipinski definition) is 0. The van der Waals surface area contributed by atoms with Crippen molar-refractivity contribution in [2.45, 2.75) is 83.0 Å². The molecule has 3 heterocycles. The minimum atomic E-state index is 0.278. The number of carbonyl (C=O) groups excluding carboxylic acids is 1. The highest BCUT2D eigenvalue weighted by Crippen LogP contribution is 2.44. The van der Waals surface area contributed by atoms with Crippen LogP contribution in [0.4, 0.5) is 5.82 Å². The zero-order chi connectivity index (χ0) is 20.8. The quantitative estimate of drug-likeness (QED) is 0.628. The van der Waals surface area contributed by atoms with Crippen molar-refractivity contribution < 1.29 is 4.79 Å². The number of rotatable bonds is 3. The van der Waals surface area contributed by atoms with E-state index in [0.29, 0.717) is 11.8 Å². The summed E-state index contributed by atoms with van der Waals surface area (Å²) in [6, 6.07) is 0. The second-order valence-corrected chi connectivity index (χ2v) is 11.2. The Morgan fingerprint density at radius 2 is 1.58 bits per heavy atom. The highest BCUT2D eigenvalue weighted by atomic mass is 32.1. The Morgan fingerprint density at radius 1 is 0.839 bits per heavy atom. The Bertz CT molecular complexity index is 968. The molecule has 0 aromatic carbocycles. The molecule has 4 aliphatic rings. The molecule has 5 nitrogen and oxygen atoms in total. The van der Waals surface area contributed by atoms with E-state index >= 15 is 0 Å². The van der Waals surface area contributed by atoms with E-state index in [-0.39, 0.29) is 5.92 Å². The van der Waals surface area contributed by atoms with E-state index in [1.165, 1.54) is 85.8 Å². The number of fused-ring (bicyclic) bond motifs is 3. The molecule has 6 heteroatoms. The van der Waals surface area contributed by atoms with Gasteiger partial charge in [0.1, 0.15) is 16.5 Å². The van der Waals surface area contributed by atoms with Gasteiger partial charge >= 0.3 is 0 Å². The molecular weight excluding hydrogens is 404 g/mol. The first-order chi connectivity index (χ1) is 15.3. The SMILES string of the molecule is O=C(C1CCCCC1)N1CCN(c2nc(C3CC3)nc3sc4c(c23)CCCCC4)CC1. The van der Waals surface area contributed by atoms with Crippen LogP contribution in [-0.4, -0.2) is 47.0 Å². The third-order valence-electron chi connectivity index (χ3n) is 7.85. The highest BCUT2D eigenvalue weighted by Gasteiger charge is 2.33. The molecule has 0 unspecified atom stereocenters. The van der Waals surface area contributed by atoms with Gasteiger partial charge < -0.3 is 9.80 Å². The van der Waals surface area contributed by atoms with Crippen LogP contribution in [0.25, 0.3) is 10.2 Å². The number of aromatic nitrogens is 2. The molecule has 166 valence electrons. The van der Waals surface area contributed by atoms with Gasteiger partial charge in [0.05, 0.1) is 5.39 Å². The van der Waals surface area contributed by atoms with Crippen molar-refractivity contribution in [3.8, 4) is 0 Å². The zero-order valence-electron chi connectivity index (χ0n) is 18.6. The molecule has 6 rings (SSSR count). The largest absolute Gasteiger partial charge is 0.352 e. The number of thiophene rings is 1. The Labute approximate surface area is 189 Å². The van der Waals surface area contributed by atoms with Gasteiger partial charge in [-0.2, -0.15) is 0 Å². The molecule has 1 saturated heterocycles. The maximum atomic E-state index is 13.0. The fourth-order valence-corrected chi connectivity index (χ4v) is 7.09. The molecule has 0 atom stereocenters. The molecule has 1 aliphatic heterocycles. The first-order valence-electron chi connectivity index (χ1n) is 12.6. The van der Waals surface area contributed by atoms with Crippen LogP contribution >= 0.6 is 11.3 Å². The summed E-state index contributed by atoms with van der Waals surface area (Å²) < 4.78 is 0. The molecule has 3 aliphatic carbocycles. The lowest BCUT2D eigenvalue weighted by atomic mass is 9.88. The van der Waals surface area contributed by atoms with Crippen molar-refractivity contribution in [1.29, 1.82) is 0 Å². The summed E-state index contributed by atoms with van der Waals surface area (Å²) in [6.45, 7) is 3.48. The number of nitrogens with zero attached hydrogens (tertiary/aromatic N) is 4. The van der Waals surface area contributed by atoms with Crippen molar-refractivity contribution in [2.24, 2.45) is 5.92 Å². The Morgan fingerprint density at radius 3 is 2.35 bits per heavy atom. The van der Waals surface area contributed by atoms with Crippen LogP contribution in [0, 0.1) is 5.92 Å². The number of aryl methyl sites for hydroxylation is 2. The second kappa shape index (κ2) is 8.34. The normalized spacial score (nSPS) is 23.1. The highest BCUT2D eigenvalue weighted by molar-refractivity contribution is 7.19. The van der Waals surface area contributed by atoms with Crippen LogP contribution < -0.4 is 4.90 Å². The molecule has 31 heavy (non-hydrogen) atoms. The Balaban J connectivity index is 1.28. The van der Waals surface area contributed by atoms with E-state index in [1.807, 2.05) is 11.3 Å². The summed E-state index contributed by atoms with van der Waals surface area (Å²) in [4.78, 5) is 30.6. The van der Waals surface area contributed by atoms with Gasteiger partial charge in [-0.15, -0.1) is 11.3 Å². The van der Waals surface area contributed by atoms with Crippen molar-refractivity contribution >= 4 is 33.3 Å². The number of anilines is 1. The third kappa shape index (κ3) is 3.85. The van der Waals surface area contributed by atoms with Crippen LogP contribution in [-0.2, 0) is 17.6 Å². The Kier molecular flexibility index (Phi) is 5.37. The molecule has 3 fully saturated rings. The predicted molar refractivity (Wildman–Crippen MR) is 126 cm³/mol. The van der Waals surface area contributed by atoms with E-state index in [1.54, 1.807) is 4.88 Å². The van der Waals surface area contributed by atoms with Gasteiger partial charge in [-0.25, -0.2) is 9.97 Å². The monoisotopic (exact) mass is 438 g/mol. The summed E-state index contributed by atoms with van der Waals surface area (Å²) in [5.41, 5.74) is 1.54. The molecule has 2 aromatic rings. The lowest BCUT2D eigenvalue weighted by Crippen LogP contribution is -2.51. The first kappa shape index (κ1) is 20.0. The summed E-state index contributed by atoms with van der Waals surface area (Å²) >= 11 is 1.93. The maximum Gasteiger partial charge on any atom is 0.225 e. The van der Waals surface area contributed by atoms with Gasteiger partial charge in [0.25, 0.3) is 0 Å². The molecule has 0 spiro atoms. The molecule has 0 N–H and O–H groups in total. The van der Waals surface area contributed by atoms with Gasteiger partial charge in [0.15, 0.2) is 0 Å². The third-order valence-corrected chi connectivity index (χ3v) is 9.04. The smallest absolute Gasteiger partial charge is 0.225 e. The van der Waals surface area contributed by atoms with Crippen molar-refractivity contribution in [2.75, 3.05) is 31.1 Å².